The number of anilines is 1. The van der Waals surface area contributed by atoms with E-state index in [4.69, 9.17) is 4.74 Å². The molecular formula is C22H26N2O5S. The monoisotopic (exact) mass is 430 g/mol. The molecular weight excluding hydrogens is 404 g/mol. The molecule has 2 aromatic rings. The van der Waals surface area contributed by atoms with Crippen LogP contribution in [-0.4, -0.2) is 44.3 Å². The van der Waals surface area contributed by atoms with Crippen molar-refractivity contribution in [1.82, 2.24) is 4.31 Å². The zero-order chi connectivity index (χ0) is 21.6. The lowest BCUT2D eigenvalue weighted by Gasteiger charge is -2.25. The fourth-order valence-corrected chi connectivity index (χ4v) is 4.92. The highest BCUT2D eigenvalue weighted by Crippen LogP contribution is 2.18. The molecule has 8 heteroatoms. The second kappa shape index (κ2) is 9.86. The molecule has 0 unspecified atom stereocenters. The van der Waals surface area contributed by atoms with Gasteiger partial charge in [-0.05, 0) is 61.7 Å². The van der Waals surface area contributed by atoms with E-state index in [1.165, 1.54) is 0 Å². The van der Waals surface area contributed by atoms with Gasteiger partial charge in [-0.25, -0.2) is 17.5 Å². The number of nitrogens with zero attached hydrogens (tertiary/aromatic N) is 1. The molecule has 1 aliphatic rings. The van der Waals surface area contributed by atoms with Gasteiger partial charge in [0.2, 0.25) is 10.0 Å². The second-order valence-corrected chi connectivity index (χ2v) is 9.13. The van der Waals surface area contributed by atoms with Crippen LogP contribution in [0.3, 0.4) is 0 Å². The van der Waals surface area contributed by atoms with Crippen molar-refractivity contribution in [3.05, 3.63) is 65.2 Å². The van der Waals surface area contributed by atoms with Crippen LogP contribution in [0, 0.1) is 0 Å². The van der Waals surface area contributed by atoms with Gasteiger partial charge in [-0.1, -0.05) is 18.6 Å². The number of hydrogen-bond acceptors (Lipinski definition) is 5. The van der Waals surface area contributed by atoms with Crippen LogP contribution in [-0.2, 0) is 20.5 Å². The number of benzene rings is 2. The summed E-state index contributed by atoms with van der Waals surface area (Å²) in [6.45, 7) is 3.20. The third kappa shape index (κ3) is 5.67. The average molecular weight is 431 g/mol. The van der Waals surface area contributed by atoms with E-state index in [0.29, 0.717) is 42.1 Å². The molecule has 0 spiro atoms. The predicted molar refractivity (Wildman–Crippen MR) is 115 cm³/mol. The molecule has 1 amide bonds. The smallest absolute Gasteiger partial charge is 0.338 e. The second-order valence-electron chi connectivity index (χ2n) is 7.16. The maximum absolute atomic E-state index is 12.5. The highest BCUT2D eigenvalue weighted by atomic mass is 32.2. The van der Waals surface area contributed by atoms with Crippen molar-refractivity contribution >= 4 is 27.6 Å². The van der Waals surface area contributed by atoms with Gasteiger partial charge in [-0.2, -0.15) is 0 Å². The zero-order valence-electron chi connectivity index (χ0n) is 17.0. The zero-order valence-corrected chi connectivity index (χ0v) is 17.8. The van der Waals surface area contributed by atoms with Gasteiger partial charge in [-0.3, -0.25) is 4.79 Å². The fraction of sp³-hybridized carbons (Fsp3) is 0.364. The van der Waals surface area contributed by atoms with Crippen LogP contribution in [0.25, 0.3) is 0 Å². The number of rotatable bonds is 7. The van der Waals surface area contributed by atoms with E-state index < -0.39 is 16.0 Å². The van der Waals surface area contributed by atoms with Gasteiger partial charge in [0.15, 0.2) is 0 Å². The molecule has 7 nitrogen and oxygen atoms in total. The molecule has 160 valence electrons. The normalized spacial score (nSPS) is 14.8. The topological polar surface area (TPSA) is 92.8 Å². The molecule has 0 radical (unpaired) electrons. The van der Waals surface area contributed by atoms with Gasteiger partial charge in [0.1, 0.15) is 0 Å². The Morgan fingerprint density at radius 3 is 2.13 bits per heavy atom. The standard InChI is InChI=1S/C22H26N2O5S/c1-2-29-22(26)19-10-12-20(13-11-19)23-21(25)18-8-6-17(7-9-18)16-30(27,28)24-14-4-3-5-15-24/h6-13H,2-5,14-16H2,1H3,(H,23,25). The Morgan fingerprint density at radius 1 is 0.933 bits per heavy atom. The lowest BCUT2D eigenvalue weighted by molar-refractivity contribution is 0.0526. The molecule has 1 saturated heterocycles. The molecule has 2 aromatic carbocycles. The van der Waals surface area contributed by atoms with Gasteiger partial charge < -0.3 is 10.1 Å². The summed E-state index contributed by atoms with van der Waals surface area (Å²) in [5.74, 6) is -0.792. The van der Waals surface area contributed by atoms with Crippen molar-refractivity contribution in [1.29, 1.82) is 0 Å². The van der Waals surface area contributed by atoms with Crippen LogP contribution in [0.4, 0.5) is 5.69 Å². The van der Waals surface area contributed by atoms with Crippen molar-refractivity contribution in [2.24, 2.45) is 0 Å². The van der Waals surface area contributed by atoms with E-state index in [-0.39, 0.29) is 11.7 Å². The van der Waals surface area contributed by atoms with E-state index in [9.17, 15) is 18.0 Å². The van der Waals surface area contributed by atoms with Crippen LogP contribution in [0.15, 0.2) is 48.5 Å². The third-order valence-electron chi connectivity index (χ3n) is 4.93. The van der Waals surface area contributed by atoms with E-state index >= 15 is 0 Å². The number of carbonyl (C=O) groups is 2. The van der Waals surface area contributed by atoms with Crippen molar-refractivity contribution in [2.45, 2.75) is 31.9 Å². The van der Waals surface area contributed by atoms with E-state index in [1.54, 1.807) is 59.8 Å². The summed E-state index contributed by atoms with van der Waals surface area (Å²) < 4.78 is 31.6. The van der Waals surface area contributed by atoms with Crippen LogP contribution in [0.2, 0.25) is 0 Å². The summed E-state index contributed by atoms with van der Waals surface area (Å²) in [4.78, 5) is 24.1. The molecule has 0 bridgehead atoms. The molecule has 0 atom stereocenters. The lowest BCUT2D eigenvalue weighted by Crippen LogP contribution is -2.36. The summed E-state index contributed by atoms with van der Waals surface area (Å²) in [6, 6.07) is 13.0. The molecule has 30 heavy (non-hydrogen) atoms. The number of hydrogen-bond donors (Lipinski definition) is 1. The minimum absolute atomic E-state index is 0.0653. The maximum atomic E-state index is 12.5. The first-order chi connectivity index (χ1) is 14.4. The van der Waals surface area contributed by atoms with Crippen LogP contribution in [0.1, 0.15) is 52.5 Å². The van der Waals surface area contributed by atoms with E-state index in [1.807, 2.05) is 0 Å². The lowest BCUT2D eigenvalue weighted by atomic mass is 10.1. The molecule has 1 N–H and O–H groups in total. The van der Waals surface area contributed by atoms with E-state index in [0.717, 1.165) is 19.3 Å². The predicted octanol–water partition coefficient (Wildman–Crippen LogP) is 3.43. The highest BCUT2D eigenvalue weighted by Gasteiger charge is 2.24. The molecule has 1 fully saturated rings. The van der Waals surface area contributed by atoms with Gasteiger partial charge in [0.05, 0.1) is 17.9 Å². The first kappa shape index (κ1) is 22.0. The largest absolute Gasteiger partial charge is 0.462 e. The summed E-state index contributed by atoms with van der Waals surface area (Å²) in [7, 11) is -3.34. The maximum Gasteiger partial charge on any atom is 0.338 e. The van der Waals surface area contributed by atoms with Gasteiger partial charge >= 0.3 is 5.97 Å². The Morgan fingerprint density at radius 2 is 1.53 bits per heavy atom. The molecule has 3 rings (SSSR count). The molecule has 1 heterocycles. The number of esters is 1. The average Bonchev–Trinajstić information content (AvgIpc) is 2.75. The molecule has 0 aliphatic carbocycles. The number of piperidine rings is 1. The van der Waals surface area contributed by atoms with Crippen molar-refractivity contribution in [3.8, 4) is 0 Å². The molecule has 0 aromatic heterocycles. The number of ether oxygens (including phenoxy) is 1. The Bertz CT molecular complexity index is 979. The number of carbonyl (C=O) groups excluding carboxylic acids is 2. The minimum atomic E-state index is -3.34. The van der Waals surface area contributed by atoms with Gasteiger partial charge in [0.25, 0.3) is 5.91 Å². The van der Waals surface area contributed by atoms with Crippen LogP contribution in [0.5, 0.6) is 0 Å². The number of sulfonamides is 1. The summed E-state index contributed by atoms with van der Waals surface area (Å²) in [6.07, 6.45) is 2.87. The quantitative estimate of drug-likeness (QED) is 0.680. The Kier molecular flexibility index (Phi) is 7.23. The first-order valence-electron chi connectivity index (χ1n) is 10.0. The van der Waals surface area contributed by atoms with Crippen LogP contribution < -0.4 is 5.32 Å². The Labute approximate surface area is 177 Å². The third-order valence-corrected chi connectivity index (χ3v) is 6.78. The number of nitrogens with one attached hydrogen (secondary N) is 1. The van der Waals surface area contributed by atoms with Gasteiger partial charge in [0, 0.05) is 24.3 Å². The highest BCUT2D eigenvalue weighted by molar-refractivity contribution is 7.88. The fourth-order valence-electron chi connectivity index (χ4n) is 3.30. The Hall–Kier alpha value is -2.71. The van der Waals surface area contributed by atoms with Gasteiger partial charge in [-0.15, -0.1) is 0 Å². The SMILES string of the molecule is CCOC(=O)c1ccc(NC(=O)c2ccc(CS(=O)(=O)N3CCCCC3)cc2)cc1. The molecule has 0 saturated carbocycles. The summed E-state index contributed by atoms with van der Waals surface area (Å²) in [5, 5.41) is 2.76. The van der Waals surface area contributed by atoms with E-state index in [2.05, 4.69) is 5.32 Å². The number of amides is 1. The van der Waals surface area contributed by atoms with Crippen molar-refractivity contribution < 1.29 is 22.7 Å². The molecule has 1 aliphatic heterocycles. The minimum Gasteiger partial charge on any atom is -0.462 e. The Balaban J connectivity index is 1.60. The van der Waals surface area contributed by atoms with Crippen molar-refractivity contribution in [3.63, 3.8) is 0 Å². The van der Waals surface area contributed by atoms with Crippen molar-refractivity contribution in [2.75, 3.05) is 25.0 Å². The van der Waals surface area contributed by atoms with Crippen LogP contribution >= 0.6 is 0 Å². The summed E-state index contributed by atoms with van der Waals surface area (Å²) in [5.41, 5.74) is 2.03. The first-order valence-corrected chi connectivity index (χ1v) is 11.7. The summed E-state index contributed by atoms with van der Waals surface area (Å²) >= 11 is 0.